The molecular formula is C46H32N2O8. The average molecular weight is 741 g/mol. The molecule has 0 heterocycles. The van der Waals surface area contributed by atoms with E-state index in [4.69, 9.17) is 9.47 Å². The Balaban J connectivity index is 1.19. The van der Waals surface area contributed by atoms with Crippen LogP contribution in [-0.4, -0.2) is 48.2 Å². The molecule has 274 valence electrons. The number of hydrogen-bond acceptors (Lipinski definition) is 8. The van der Waals surface area contributed by atoms with Gasteiger partial charge in [-0.2, -0.15) is 0 Å². The van der Waals surface area contributed by atoms with E-state index in [1.54, 1.807) is 60.7 Å². The normalized spacial score (nSPS) is 12.6. The maximum absolute atomic E-state index is 14.4. The average Bonchev–Trinajstić information content (AvgIpc) is 3.22. The van der Waals surface area contributed by atoms with Crippen molar-refractivity contribution >= 4 is 46.3 Å². The Morgan fingerprint density at radius 1 is 0.375 bits per heavy atom. The van der Waals surface area contributed by atoms with Crippen molar-refractivity contribution in [3.05, 3.63) is 189 Å². The quantitative estimate of drug-likeness (QED) is 0.142. The first-order valence-electron chi connectivity index (χ1n) is 17.8. The zero-order chi connectivity index (χ0) is 38.8. The zero-order valence-corrected chi connectivity index (χ0v) is 29.8. The lowest BCUT2D eigenvalue weighted by Crippen LogP contribution is -2.27. The van der Waals surface area contributed by atoms with Gasteiger partial charge in [0.25, 0.3) is 0 Å². The molecule has 0 bridgehead atoms. The van der Waals surface area contributed by atoms with Crippen molar-refractivity contribution in [3.63, 3.8) is 0 Å². The molecule has 10 nitrogen and oxygen atoms in total. The Labute approximate surface area is 321 Å². The van der Waals surface area contributed by atoms with Gasteiger partial charge in [-0.05, 0) is 34.4 Å². The van der Waals surface area contributed by atoms with Gasteiger partial charge >= 0.3 is 0 Å². The Kier molecular flexibility index (Phi) is 9.80. The highest BCUT2D eigenvalue weighted by Gasteiger charge is 2.38. The van der Waals surface area contributed by atoms with Crippen LogP contribution in [0.4, 0.5) is 11.4 Å². The van der Waals surface area contributed by atoms with Crippen LogP contribution in [0.2, 0.25) is 0 Å². The van der Waals surface area contributed by atoms with Crippen molar-refractivity contribution < 1.29 is 38.2 Å². The third-order valence-electron chi connectivity index (χ3n) is 9.68. The topological polar surface area (TPSA) is 145 Å². The largest absolute Gasteiger partial charge is 0.367 e. The minimum absolute atomic E-state index is 0.0379. The van der Waals surface area contributed by atoms with Gasteiger partial charge < -0.3 is 20.1 Å². The van der Waals surface area contributed by atoms with Crippen molar-refractivity contribution in [2.24, 2.45) is 0 Å². The number of rotatable bonds is 11. The summed E-state index contributed by atoms with van der Waals surface area (Å²) in [6.07, 6.45) is 0. The third-order valence-corrected chi connectivity index (χ3v) is 9.68. The van der Waals surface area contributed by atoms with Gasteiger partial charge in [0.05, 0.1) is 35.7 Å². The maximum Gasteiger partial charge on any atom is 0.250 e. The SMILES string of the molecule is O=C(COCc1ccccc1)Nc1ccc(-c2ccc(NC(=O)COCc3ccccc3)c3c2C(=O)c2ccccc2C3=O)c2c1C(=O)c1ccccc1C2=O. The molecule has 2 aliphatic carbocycles. The third kappa shape index (κ3) is 6.75. The number of carbonyl (C=O) groups excluding carboxylic acids is 6. The van der Waals surface area contributed by atoms with E-state index in [-0.39, 0.29) is 93.4 Å². The second kappa shape index (κ2) is 15.3. The predicted molar refractivity (Wildman–Crippen MR) is 208 cm³/mol. The van der Waals surface area contributed by atoms with Crippen molar-refractivity contribution in [1.82, 2.24) is 0 Å². The lowest BCUT2D eigenvalue weighted by atomic mass is 9.75. The number of fused-ring (bicyclic) bond motifs is 4. The van der Waals surface area contributed by atoms with Gasteiger partial charge in [-0.25, -0.2) is 0 Å². The van der Waals surface area contributed by atoms with Crippen molar-refractivity contribution in [3.8, 4) is 11.1 Å². The van der Waals surface area contributed by atoms with E-state index in [0.29, 0.717) is 0 Å². The fraction of sp³-hybridized carbons (Fsp3) is 0.0870. The van der Waals surface area contributed by atoms with Gasteiger partial charge in [0.15, 0.2) is 23.1 Å². The summed E-state index contributed by atoms with van der Waals surface area (Å²) in [5.41, 5.74) is 2.77. The van der Waals surface area contributed by atoms with E-state index in [2.05, 4.69) is 10.6 Å². The summed E-state index contributed by atoms with van der Waals surface area (Å²) in [4.78, 5) is 83.7. The molecule has 0 unspecified atom stereocenters. The Morgan fingerprint density at radius 3 is 1.05 bits per heavy atom. The van der Waals surface area contributed by atoms with Gasteiger partial charge in [0, 0.05) is 33.4 Å². The second-order valence-corrected chi connectivity index (χ2v) is 13.3. The lowest BCUT2D eigenvalue weighted by Gasteiger charge is -2.26. The van der Waals surface area contributed by atoms with Crippen LogP contribution in [0.3, 0.4) is 0 Å². The van der Waals surface area contributed by atoms with Crippen molar-refractivity contribution in [2.45, 2.75) is 13.2 Å². The van der Waals surface area contributed by atoms with Gasteiger partial charge in [-0.15, -0.1) is 0 Å². The summed E-state index contributed by atoms with van der Waals surface area (Å²) >= 11 is 0. The number of carbonyl (C=O) groups is 6. The van der Waals surface area contributed by atoms with Gasteiger partial charge in [-0.3, -0.25) is 28.8 Å². The smallest absolute Gasteiger partial charge is 0.250 e. The lowest BCUT2D eigenvalue weighted by molar-refractivity contribution is -0.121. The highest BCUT2D eigenvalue weighted by Crippen LogP contribution is 2.43. The fourth-order valence-corrected chi connectivity index (χ4v) is 7.15. The first-order valence-corrected chi connectivity index (χ1v) is 17.8. The Hall–Kier alpha value is -7.14. The van der Waals surface area contributed by atoms with Crippen LogP contribution in [-0.2, 0) is 32.3 Å². The number of nitrogens with one attached hydrogen (secondary N) is 2. The molecule has 10 heteroatoms. The summed E-state index contributed by atoms with van der Waals surface area (Å²) in [5.74, 6) is -3.09. The van der Waals surface area contributed by atoms with E-state index in [1.807, 2.05) is 60.7 Å². The molecule has 0 spiro atoms. The van der Waals surface area contributed by atoms with E-state index in [1.165, 1.54) is 12.1 Å². The first-order chi connectivity index (χ1) is 27.3. The van der Waals surface area contributed by atoms with Crippen LogP contribution < -0.4 is 10.6 Å². The monoisotopic (exact) mass is 740 g/mol. The van der Waals surface area contributed by atoms with Crippen LogP contribution in [0, 0.1) is 0 Å². The van der Waals surface area contributed by atoms with Crippen molar-refractivity contribution in [2.75, 3.05) is 23.8 Å². The number of benzene rings is 6. The Bertz CT molecular complexity index is 2420. The molecule has 0 saturated heterocycles. The highest BCUT2D eigenvalue weighted by atomic mass is 16.5. The summed E-state index contributed by atoms with van der Waals surface area (Å²) in [7, 11) is 0. The van der Waals surface area contributed by atoms with E-state index in [9.17, 15) is 28.8 Å². The van der Waals surface area contributed by atoms with E-state index < -0.39 is 34.9 Å². The van der Waals surface area contributed by atoms with Crippen LogP contribution in [0.1, 0.15) is 74.8 Å². The molecule has 6 aromatic carbocycles. The molecule has 0 saturated carbocycles. The predicted octanol–water partition coefficient (Wildman–Crippen LogP) is 7.22. The minimum atomic E-state index is -0.544. The zero-order valence-electron chi connectivity index (χ0n) is 29.8. The fourth-order valence-electron chi connectivity index (χ4n) is 7.15. The van der Waals surface area contributed by atoms with E-state index in [0.717, 1.165) is 11.1 Å². The van der Waals surface area contributed by atoms with Gasteiger partial charge in [0.2, 0.25) is 11.8 Å². The number of hydrogen-bond donors (Lipinski definition) is 2. The van der Waals surface area contributed by atoms with Crippen molar-refractivity contribution in [1.29, 1.82) is 0 Å². The maximum atomic E-state index is 14.4. The van der Waals surface area contributed by atoms with Crippen LogP contribution in [0.15, 0.2) is 133 Å². The van der Waals surface area contributed by atoms with Gasteiger partial charge in [-0.1, -0.05) is 121 Å². The van der Waals surface area contributed by atoms with Gasteiger partial charge in [0.1, 0.15) is 13.2 Å². The number of ketones is 4. The number of amides is 2. The summed E-state index contributed by atoms with van der Waals surface area (Å²) in [6.45, 7) is -0.265. The minimum Gasteiger partial charge on any atom is -0.367 e. The first kappa shape index (κ1) is 35.9. The number of anilines is 2. The molecular weight excluding hydrogens is 709 g/mol. The molecule has 2 N–H and O–H groups in total. The van der Waals surface area contributed by atoms with Crippen LogP contribution >= 0.6 is 0 Å². The highest BCUT2D eigenvalue weighted by molar-refractivity contribution is 6.35. The molecule has 2 aliphatic rings. The molecule has 2 amide bonds. The molecule has 0 radical (unpaired) electrons. The standard InChI is InChI=1S/C46H32N2O8/c49-37(25-55-23-27-11-3-1-4-12-27)47-35-21-19-29(39-41(35)45(53)33-17-9-7-15-31(33)43(39)51)30-20-22-36(48-38(50)26-56-24-28-13-5-2-6-14-28)42-40(30)44(52)32-16-8-10-18-34(32)46(42)54/h1-22H,23-26H2,(H,47,49)(H,48,50). The Morgan fingerprint density at radius 2 is 0.696 bits per heavy atom. The molecule has 8 rings (SSSR count). The molecule has 0 aromatic heterocycles. The number of ether oxygens (including phenoxy) is 2. The summed E-state index contributed by atoms with van der Waals surface area (Å²) in [6, 6.07) is 37.5. The summed E-state index contributed by atoms with van der Waals surface area (Å²) < 4.78 is 11.2. The molecule has 6 aromatic rings. The second-order valence-electron chi connectivity index (χ2n) is 13.3. The summed E-state index contributed by atoms with van der Waals surface area (Å²) in [5, 5.41) is 5.50. The van der Waals surface area contributed by atoms with Crippen LogP contribution in [0.5, 0.6) is 0 Å². The van der Waals surface area contributed by atoms with Crippen LogP contribution in [0.25, 0.3) is 11.1 Å². The molecule has 0 fully saturated rings. The van der Waals surface area contributed by atoms with E-state index >= 15 is 0 Å². The molecule has 0 atom stereocenters. The molecule has 56 heavy (non-hydrogen) atoms. The molecule has 0 aliphatic heterocycles.